The first-order valence-electron chi connectivity index (χ1n) is 17.7. The summed E-state index contributed by atoms with van der Waals surface area (Å²) >= 11 is 0. The van der Waals surface area contributed by atoms with Gasteiger partial charge >= 0.3 is 18.0 Å². The van der Waals surface area contributed by atoms with Gasteiger partial charge in [0.2, 0.25) is 42.2 Å². The minimum Gasteiger partial charge on any atom is -0.486 e. The molecule has 2 aromatic carbocycles. The van der Waals surface area contributed by atoms with E-state index in [0.29, 0.717) is 0 Å². The molecule has 0 saturated heterocycles. The van der Waals surface area contributed by atoms with Gasteiger partial charge in [0.15, 0.2) is 17.2 Å². The number of hydrogen-bond donors (Lipinski definition) is 6. The molecule has 25 heteroatoms. The number of nitrogens with one attached hydrogen (secondary N) is 3. The van der Waals surface area contributed by atoms with E-state index in [4.69, 9.17) is 23.7 Å². The Morgan fingerprint density at radius 3 is 2.00 bits per heavy atom. The number of aromatic nitrogens is 6. The molecule has 312 valence electrons. The van der Waals surface area contributed by atoms with E-state index in [1.807, 2.05) is 0 Å². The molecule has 0 fully saturated rings. The molecule has 6 bridgehead atoms. The number of hydrogen-bond acceptors (Lipinski definition) is 25. The van der Waals surface area contributed by atoms with Crippen LogP contribution in [-0.4, -0.2) is 127 Å². The van der Waals surface area contributed by atoms with Crippen molar-refractivity contribution >= 4 is 64.9 Å². The van der Waals surface area contributed by atoms with Gasteiger partial charge in [-0.15, -0.1) is 15.0 Å². The summed E-state index contributed by atoms with van der Waals surface area (Å²) in [6.07, 6.45) is 1.91. The quantitative estimate of drug-likeness (QED) is 0.104. The van der Waals surface area contributed by atoms with Crippen molar-refractivity contribution in [3.05, 3.63) is 24.3 Å². The fourth-order valence-electron chi connectivity index (χ4n) is 4.88. The van der Waals surface area contributed by atoms with E-state index in [2.05, 4.69) is 65.8 Å². The molecule has 2 aliphatic rings. The van der Waals surface area contributed by atoms with Crippen LogP contribution in [0.2, 0.25) is 0 Å². The molecule has 0 saturated carbocycles. The zero-order chi connectivity index (χ0) is 43.0. The van der Waals surface area contributed by atoms with Crippen LogP contribution in [0.25, 0.3) is 0 Å². The van der Waals surface area contributed by atoms with Crippen LogP contribution in [-0.2, 0) is 19.2 Å². The van der Waals surface area contributed by atoms with Crippen LogP contribution in [0.5, 0.6) is 41.0 Å². The van der Waals surface area contributed by atoms with Crippen LogP contribution >= 0.6 is 0 Å². The van der Waals surface area contributed by atoms with E-state index in [1.54, 1.807) is 20.8 Å². The number of aliphatic hydroxyl groups is 3. The highest BCUT2D eigenvalue weighted by Crippen LogP contribution is 2.44. The standard InChI is InChI=1S/C35H35N13O12/c1-18(2)58-33-46-34-48-35(47-33)60-27-7-20(39-14-49)6-24(40-15-50)29(27)57-13-22(55)11-38-32-44-30(43-31(45-32)37-10-19(3)53)36-5-4-21(54)12-56-28-25(41-16-51)8-23(59-34)9-26(28)42-17-52/h6-9,18-19,21-22,53-55H,4-5,10-13H2,1-3H3,(H3,36,37,38,43,44,45). The Morgan fingerprint density at radius 1 is 0.767 bits per heavy atom. The van der Waals surface area contributed by atoms with E-state index in [9.17, 15) is 34.5 Å². The number of rotatable bonds is 9. The zero-order valence-corrected chi connectivity index (χ0v) is 31.8. The van der Waals surface area contributed by atoms with Crippen molar-refractivity contribution in [2.45, 2.75) is 51.6 Å². The van der Waals surface area contributed by atoms with E-state index < -0.39 is 43.0 Å². The first kappa shape index (κ1) is 43.4. The lowest BCUT2D eigenvalue weighted by atomic mass is 10.2. The highest BCUT2D eigenvalue weighted by molar-refractivity contribution is 5.74. The number of aliphatic hydroxyl groups excluding tert-OH is 3. The smallest absolute Gasteiger partial charge is 0.331 e. The molecule has 6 N–H and O–H groups in total. The number of carbonyl (C=O) groups excluding carboxylic acids is 4. The van der Waals surface area contributed by atoms with Gasteiger partial charge in [0.05, 0.1) is 24.0 Å². The number of benzene rings is 2. The number of isocyanates is 4. The van der Waals surface area contributed by atoms with Gasteiger partial charge in [-0.05, 0) is 33.3 Å². The first-order valence-corrected chi connectivity index (χ1v) is 17.7. The molecule has 25 nitrogen and oxygen atoms in total. The second-order valence-electron chi connectivity index (χ2n) is 12.5. The Bertz CT molecular complexity index is 2320. The van der Waals surface area contributed by atoms with Gasteiger partial charge in [-0.3, -0.25) is 0 Å². The Balaban J connectivity index is 1.62. The summed E-state index contributed by atoms with van der Waals surface area (Å²) in [7, 11) is 0. The number of fused-ring (bicyclic) bond motifs is 11. The maximum Gasteiger partial charge on any atom is 0.331 e. The van der Waals surface area contributed by atoms with Crippen molar-refractivity contribution in [1.29, 1.82) is 0 Å². The van der Waals surface area contributed by atoms with E-state index in [0.717, 1.165) is 0 Å². The van der Waals surface area contributed by atoms with Crippen molar-refractivity contribution in [2.75, 3.05) is 48.8 Å². The molecule has 60 heavy (non-hydrogen) atoms. The predicted molar refractivity (Wildman–Crippen MR) is 204 cm³/mol. The van der Waals surface area contributed by atoms with Crippen molar-refractivity contribution in [3.8, 4) is 41.0 Å². The number of ether oxygens (including phenoxy) is 5. The molecule has 3 unspecified atom stereocenters. The fourth-order valence-corrected chi connectivity index (χ4v) is 4.88. The molecule has 0 radical (unpaired) electrons. The molecule has 0 amide bonds. The summed E-state index contributed by atoms with van der Waals surface area (Å²) < 4.78 is 29.1. The molecule has 3 atom stereocenters. The van der Waals surface area contributed by atoms with Crippen LogP contribution < -0.4 is 39.6 Å². The second-order valence-corrected chi connectivity index (χ2v) is 12.5. The van der Waals surface area contributed by atoms with Crippen LogP contribution in [0.3, 0.4) is 0 Å². The molecule has 0 spiro atoms. The van der Waals surface area contributed by atoms with Crippen molar-refractivity contribution < 1.29 is 58.2 Å². The molecule has 0 aliphatic carbocycles. The van der Waals surface area contributed by atoms with Gasteiger partial charge < -0.3 is 55.0 Å². The Hall–Kier alpha value is -7.74. The topological polar surface area (TPSA) is 338 Å². The molecule has 6 rings (SSSR count). The average molecular weight is 830 g/mol. The number of aliphatic imine (C=N–C) groups is 4. The average Bonchev–Trinajstić information content (AvgIpc) is 3.18. The number of nitrogens with zero attached hydrogens (tertiary/aromatic N) is 10. The normalized spacial score (nSPS) is 15.8. The van der Waals surface area contributed by atoms with Gasteiger partial charge in [0.25, 0.3) is 0 Å². The third kappa shape index (κ3) is 12.6. The van der Waals surface area contributed by atoms with Gasteiger partial charge in [0, 0.05) is 37.8 Å². The predicted octanol–water partition coefficient (Wildman–Crippen LogP) is 2.50. The summed E-state index contributed by atoms with van der Waals surface area (Å²) in [4.78, 5) is 85.5. The lowest BCUT2D eigenvalue weighted by Gasteiger charge is -2.18. The second kappa shape index (κ2) is 21.1. The van der Waals surface area contributed by atoms with E-state index >= 15 is 0 Å². The van der Waals surface area contributed by atoms with Crippen molar-refractivity contribution in [2.24, 2.45) is 20.0 Å². The Labute approximate surface area is 338 Å². The summed E-state index contributed by atoms with van der Waals surface area (Å²) in [5.74, 6) is -0.811. The third-order valence-electron chi connectivity index (χ3n) is 7.33. The van der Waals surface area contributed by atoms with Crippen molar-refractivity contribution in [3.63, 3.8) is 0 Å². The summed E-state index contributed by atoms with van der Waals surface area (Å²) in [5, 5.41) is 40.2. The summed E-state index contributed by atoms with van der Waals surface area (Å²) in [6.45, 7) is 4.04. The number of anilines is 3. The first-order chi connectivity index (χ1) is 29.0. The third-order valence-corrected chi connectivity index (χ3v) is 7.33. The fraction of sp³-hybridized carbons (Fsp3) is 0.371. The Kier molecular flexibility index (Phi) is 15.3. The summed E-state index contributed by atoms with van der Waals surface area (Å²) in [6, 6.07) is 3.48. The molecule has 2 aromatic heterocycles. The zero-order valence-electron chi connectivity index (χ0n) is 31.8. The molecular formula is C35H35N13O12. The SMILES string of the molecule is CC(O)CNc1nc2nc(n1)NCC(O)COc1c(N=C=O)cc(N=C=O)cc1Oc1nc(nc(OC(C)C)n1)Oc1cc(N=C=O)c(c(N=C=O)c1)OCC(O)CCN2. The van der Waals surface area contributed by atoms with Crippen LogP contribution in [0, 0.1) is 0 Å². The van der Waals surface area contributed by atoms with Crippen LogP contribution in [0.1, 0.15) is 27.2 Å². The van der Waals surface area contributed by atoms with Crippen LogP contribution in [0.4, 0.5) is 40.6 Å². The lowest BCUT2D eigenvalue weighted by Crippen LogP contribution is -2.27. The molecular weight excluding hydrogens is 794 g/mol. The van der Waals surface area contributed by atoms with Gasteiger partial charge in [-0.25, -0.2) is 19.2 Å². The molecule has 4 aromatic rings. The minimum atomic E-state index is -1.29. The molecule has 4 heterocycles. The Morgan fingerprint density at radius 2 is 1.37 bits per heavy atom. The summed E-state index contributed by atoms with van der Waals surface area (Å²) in [5.41, 5.74) is -0.783. The molecule has 2 aliphatic heterocycles. The van der Waals surface area contributed by atoms with Gasteiger partial charge in [-0.1, -0.05) is 0 Å². The highest BCUT2D eigenvalue weighted by Gasteiger charge is 2.22. The maximum atomic E-state index is 11.5. The van der Waals surface area contributed by atoms with Crippen LogP contribution in [0.15, 0.2) is 44.2 Å². The lowest BCUT2D eigenvalue weighted by molar-refractivity contribution is 0.103. The maximum absolute atomic E-state index is 11.5. The highest BCUT2D eigenvalue weighted by atomic mass is 16.6. The monoisotopic (exact) mass is 829 g/mol. The van der Waals surface area contributed by atoms with Gasteiger partial charge in [0.1, 0.15) is 42.1 Å². The largest absolute Gasteiger partial charge is 0.486 e. The van der Waals surface area contributed by atoms with Gasteiger partial charge in [-0.2, -0.15) is 34.9 Å². The van der Waals surface area contributed by atoms with Crippen molar-refractivity contribution in [1.82, 2.24) is 29.9 Å². The van der Waals surface area contributed by atoms with E-state index in [-0.39, 0.29) is 102 Å². The minimum absolute atomic E-state index is 0.0114. The van der Waals surface area contributed by atoms with E-state index in [1.165, 1.54) is 48.6 Å².